The zero-order valence-corrected chi connectivity index (χ0v) is 13.9. The standard InChI is InChI=1S/C15H20N2O2S2/c1-3-16-11-13-6-8-15(9-7-13)21(18,19)17(2)12-14-5-4-10-20-14/h4-10,16H,3,11-12H2,1-2H3. The Labute approximate surface area is 130 Å². The van der Waals surface area contributed by atoms with Crippen molar-refractivity contribution >= 4 is 21.4 Å². The summed E-state index contributed by atoms with van der Waals surface area (Å²) < 4.78 is 26.4. The van der Waals surface area contributed by atoms with Crippen molar-refractivity contribution in [3.8, 4) is 0 Å². The average molecular weight is 324 g/mol. The minimum Gasteiger partial charge on any atom is -0.313 e. The molecule has 0 aliphatic rings. The van der Waals surface area contributed by atoms with Gasteiger partial charge >= 0.3 is 0 Å². The number of rotatable bonds is 7. The zero-order valence-electron chi connectivity index (χ0n) is 12.2. The fraction of sp³-hybridized carbons (Fsp3) is 0.333. The first-order chi connectivity index (χ1) is 10.0. The molecular weight excluding hydrogens is 304 g/mol. The highest BCUT2D eigenvalue weighted by Crippen LogP contribution is 2.19. The summed E-state index contributed by atoms with van der Waals surface area (Å²) in [4.78, 5) is 1.37. The smallest absolute Gasteiger partial charge is 0.243 e. The van der Waals surface area contributed by atoms with Gasteiger partial charge in [-0.25, -0.2) is 8.42 Å². The van der Waals surface area contributed by atoms with Crippen LogP contribution >= 0.6 is 11.3 Å². The summed E-state index contributed by atoms with van der Waals surface area (Å²) in [7, 11) is -1.82. The summed E-state index contributed by atoms with van der Waals surface area (Å²) in [5.41, 5.74) is 1.08. The van der Waals surface area contributed by atoms with Gasteiger partial charge in [0.1, 0.15) is 0 Å². The van der Waals surface area contributed by atoms with E-state index >= 15 is 0 Å². The van der Waals surface area contributed by atoms with Gasteiger partial charge < -0.3 is 5.32 Å². The maximum absolute atomic E-state index is 12.5. The van der Waals surface area contributed by atoms with Crippen molar-refractivity contribution in [3.05, 3.63) is 52.2 Å². The normalized spacial score (nSPS) is 12.0. The first-order valence-electron chi connectivity index (χ1n) is 6.82. The van der Waals surface area contributed by atoms with Crippen LogP contribution < -0.4 is 5.32 Å². The summed E-state index contributed by atoms with van der Waals surface area (Å²) in [5.74, 6) is 0. The van der Waals surface area contributed by atoms with E-state index in [0.717, 1.165) is 23.5 Å². The minimum absolute atomic E-state index is 0.335. The van der Waals surface area contributed by atoms with Crippen LogP contribution in [0.2, 0.25) is 0 Å². The number of thiophene rings is 1. The van der Waals surface area contributed by atoms with Gasteiger partial charge in [-0.1, -0.05) is 25.1 Å². The molecule has 2 rings (SSSR count). The number of nitrogens with one attached hydrogen (secondary N) is 1. The van der Waals surface area contributed by atoms with Gasteiger partial charge in [0.05, 0.1) is 4.90 Å². The van der Waals surface area contributed by atoms with Crippen LogP contribution in [0.5, 0.6) is 0 Å². The Bertz CT molecular complexity index is 649. The summed E-state index contributed by atoms with van der Waals surface area (Å²) in [6, 6.07) is 10.9. The van der Waals surface area contributed by atoms with Crippen molar-refractivity contribution in [3.63, 3.8) is 0 Å². The predicted octanol–water partition coefficient (Wildman–Crippen LogP) is 2.68. The SMILES string of the molecule is CCNCc1ccc(S(=O)(=O)N(C)Cc2cccs2)cc1. The summed E-state index contributed by atoms with van der Waals surface area (Å²) in [6.45, 7) is 4.09. The highest BCUT2D eigenvalue weighted by Gasteiger charge is 2.20. The van der Waals surface area contributed by atoms with Gasteiger partial charge in [-0.05, 0) is 35.7 Å². The van der Waals surface area contributed by atoms with Gasteiger partial charge in [0.15, 0.2) is 0 Å². The molecule has 1 heterocycles. The Kier molecular flexibility index (Phi) is 5.52. The quantitative estimate of drug-likeness (QED) is 0.852. The maximum atomic E-state index is 12.5. The fourth-order valence-electron chi connectivity index (χ4n) is 1.94. The maximum Gasteiger partial charge on any atom is 0.243 e. The molecule has 1 aromatic heterocycles. The van der Waals surface area contributed by atoms with E-state index in [1.165, 1.54) is 4.31 Å². The lowest BCUT2D eigenvalue weighted by Gasteiger charge is -2.16. The molecule has 0 bridgehead atoms. The van der Waals surface area contributed by atoms with E-state index in [-0.39, 0.29) is 0 Å². The molecule has 0 unspecified atom stereocenters. The molecule has 2 aromatic rings. The number of hydrogen-bond donors (Lipinski definition) is 1. The lowest BCUT2D eigenvalue weighted by molar-refractivity contribution is 0.469. The van der Waals surface area contributed by atoms with Crippen LogP contribution in [-0.4, -0.2) is 26.3 Å². The molecule has 114 valence electrons. The summed E-state index contributed by atoms with van der Waals surface area (Å²) >= 11 is 1.56. The molecule has 4 nitrogen and oxygen atoms in total. The molecule has 0 spiro atoms. The molecule has 0 fully saturated rings. The van der Waals surface area contributed by atoms with E-state index in [9.17, 15) is 8.42 Å². The van der Waals surface area contributed by atoms with Crippen LogP contribution in [0.4, 0.5) is 0 Å². The van der Waals surface area contributed by atoms with Crippen LogP contribution in [0, 0.1) is 0 Å². The second-order valence-corrected chi connectivity index (χ2v) is 7.84. The van der Waals surface area contributed by atoms with Crippen LogP contribution in [0.25, 0.3) is 0 Å². The van der Waals surface area contributed by atoms with Crippen molar-refractivity contribution in [1.29, 1.82) is 0 Å². The Hall–Kier alpha value is -1.21. The van der Waals surface area contributed by atoms with Crippen LogP contribution in [0.3, 0.4) is 0 Å². The molecule has 1 aromatic carbocycles. The van der Waals surface area contributed by atoms with E-state index in [2.05, 4.69) is 5.32 Å². The van der Waals surface area contributed by atoms with Gasteiger partial charge in [-0.15, -0.1) is 11.3 Å². The predicted molar refractivity (Wildman–Crippen MR) is 86.8 cm³/mol. The van der Waals surface area contributed by atoms with E-state index in [1.807, 2.05) is 36.6 Å². The number of benzene rings is 1. The largest absolute Gasteiger partial charge is 0.313 e. The Balaban J connectivity index is 2.11. The first kappa shape index (κ1) is 16.2. The number of sulfonamides is 1. The van der Waals surface area contributed by atoms with E-state index < -0.39 is 10.0 Å². The van der Waals surface area contributed by atoms with E-state index in [0.29, 0.717) is 11.4 Å². The topological polar surface area (TPSA) is 49.4 Å². The highest BCUT2D eigenvalue weighted by atomic mass is 32.2. The van der Waals surface area contributed by atoms with E-state index in [4.69, 9.17) is 0 Å². The Morgan fingerprint density at radius 1 is 1.19 bits per heavy atom. The van der Waals surface area contributed by atoms with Gasteiger partial charge in [0.25, 0.3) is 0 Å². The molecule has 0 saturated heterocycles. The highest BCUT2D eigenvalue weighted by molar-refractivity contribution is 7.89. The van der Waals surface area contributed by atoms with Crippen molar-refractivity contribution in [2.45, 2.75) is 24.9 Å². The fourth-order valence-corrected chi connectivity index (χ4v) is 3.92. The van der Waals surface area contributed by atoms with Crippen molar-refractivity contribution < 1.29 is 8.42 Å². The molecule has 0 saturated carbocycles. The minimum atomic E-state index is -3.43. The second kappa shape index (κ2) is 7.17. The Morgan fingerprint density at radius 3 is 2.48 bits per heavy atom. The van der Waals surface area contributed by atoms with Crippen LogP contribution in [0.1, 0.15) is 17.4 Å². The third-order valence-electron chi connectivity index (χ3n) is 3.17. The second-order valence-electron chi connectivity index (χ2n) is 4.76. The Morgan fingerprint density at radius 2 is 1.90 bits per heavy atom. The van der Waals surface area contributed by atoms with Crippen LogP contribution in [0.15, 0.2) is 46.7 Å². The summed E-state index contributed by atoms with van der Waals surface area (Å²) in [6.07, 6.45) is 0. The molecule has 6 heteroatoms. The van der Waals surface area contributed by atoms with Gasteiger partial charge in [0, 0.05) is 25.0 Å². The van der Waals surface area contributed by atoms with Crippen molar-refractivity contribution in [1.82, 2.24) is 9.62 Å². The molecule has 0 radical (unpaired) electrons. The number of hydrogen-bond acceptors (Lipinski definition) is 4. The summed E-state index contributed by atoms with van der Waals surface area (Å²) in [5, 5.41) is 5.17. The van der Waals surface area contributed by atoms with Gasteiger partial charge in [-0.2, -0.15) is 4.31 Å². The zero-order chi connectivity index (χ0) is 15.3. The molecule has 1 N–H and O–H groups in total. The lowest BCUT2D eigenvalue weighted by Crippen LogP contribution is -2.26. The lowest BCUT2D eigenvalue weighted by atomic mass is 10.2. The molecular formula is C15H20N2O2S2. The molecule has 0 aliphatic carbocycles. The monoisotopic (exact) mass is 324 g/mol. The third-order valence-corrected chi connectivity index (χ3v) is 5.85. The van der Waals surface area contributed by atoms with Gasteiger partial charge in [-0.3, -0.25) is 0 Å². The third kappa shape index (κ3) is 4.14. The van der Waals surface area contributed by atoms with Gasteiger partial charge in [0.2, 0.25) is 10.0 Å². The average Bonchev–Trinajstić information content (AvgIpc) is 2.98. The van der Waals surface area contributed by atoms with E-state index in [1.54, 1.807) is 30.5 Å². The molecule has 0 aliphatic heterocycles. The molecule has 0 amide bonds. The first-order valence-corrected chi connectivity index (χ1v) is 9.14. The molecule has 21 heavy (non-hydrogen) atoms. The number of nitrogens with zero attached hydrogens (tertiary/aromatic N) is 1. The van der Waals surface area contributed by atoms with Crippen molar-refractivity contribution in [2.24, 2.45) is 0 Å². The van der Waals surface area contributed by atoms with Crippen molar-refractivity contribution in [2.75, 3.05) is 13.6 Å². The molecule has 0 atom stereocenters. The van der Waals surface area contributed by atoms with Crippen LogP contribution in [-0.2, 0) is 23.1 Å².